The summed E-state index contributed by atoms with van der Waals surface area (Å²) >= 11 is 0. The van der Waals surface area contributed by atoms with E-state index in [-0.39, 0.29) is 5.41 Å². The normalized spacial score (nSPS) is 43.3. The molecule has 9 atom stereocenters. The molecule has 3 saturated heterocycles. The summed E-state index contributed by atoms with van der Waals surface area (Å²) in [6.07, 6.45) is 21.2. The third-order valence-corrected chi connectivity index (χ3v) is 12.8. The van der Waals surface area contributed by atoms with Crippen LogP contribution in [0.1, 0.15) is 108 Å². The Bertz CT molecular complexity index is 968. The van der Waals surface area contributed by atoms with E-state index in [1.807, 2.05) is 6.07 Å². The summed E-state index contributed by atoms with van der Waals surface area (Å²) in [5, 5.41) is 14.6. The molecule has 0 radical (unpaired) electrons. The minimum absolute atomic E-state index is 0.200. The Morgan fingerprint density at radius 1 is 0.921 bits per heavy atom. The molecule has 1 aromatic carbocycles. The quantitative estimate of drug-likeness (QED) is 0.482. The number of likely N-dealkylation sites (N-methyl/N-ethyl adjacent to an activating group) is 1. The van der Waals surface area contributed by atoms with Crippen LogP contribution in [-0.2, 0) is 11.8 Å². The van der Waals surface area contributed by atoms with Crippen molar-refractivity contribution in [3.8, 4) is 5.75 Å². The van der Waals surface area contributed by atoms with Gasteiger partial charge in [-0.25, -0.2) is 0 Å². The van der Waals surface area contributed by atoms with Crippen LogP contribution in [0.4, 0.5) is 0 Å². The van der Waals surface area contributed by atoms with Gasteiger partial charge in [0.25, 0.3) is 0 Å². The van der Waals surface area contributed by atoms with Crippen LogP contribution in [-0.4, -0.2) is 65.3 Å². The molecular formula is C34H53N3O. The van der Waals surface area contributed by atoms with Crippen molar-refractivity contribution in [3.05, 3.63) is 29.3 Å². The van der Waals surface area contributed by atoms with Crippen LogP contribution in [0.3, 0.4) is 0 Å². The first-order chi connectivity index (χ1) is 18.5. The summed E-state index contributed by atoms with van der Waals surface area (Å²) in [6, 6.07) is 10.1. The number of nitrogens with one attached hydrogen (secondary N) is 1. The zero-order valence-electron chi connectivity index (χ0n) is 24.2. The first-order valence-corrected chi connectivity index (χ1v) is 16.5. The molecule has 2 saturated carbocycles. The molecule has 38 heavy (non-hydrogen) atoms. The van der Waals surface area contributed by atoms with Gasteiger partial charge in [0.2, 0.25) is 0 Å². The number of phenols is 1. The third-order valence-electron chi connectivity index (χ3n) is 12.8. The molecule has 6 bridgehead atoms. The van der Waals surface area contributed by atoms with Crippen molar-refractivity contribution in [2.24, 2.45) is 17.8 Å². The Morgan fingerprint density at radius 2 is 1.66 bits per heavy atom. The van der Waals surface area contributed by atoms with Gasteiger partial charge in [-0.3, -0.25) is 4.90 Å². The molecule has 4 heteroatoms. The van der Waals surface area contributed by atoms with Gasteiger partial charge < -0.3 is 15.3 Å². The van der Waals surface area contributed by atoms with Gasteiger partial charge >= 0.3 is 0 Å². The number of likely N-dealkylation sites (tertiary alicyclic amines) is 1. The van der Waals surface area contributed by atoms with Gasteiger partial charge in [-0.1, -0.05) is 45.1 Å². The highest BCUT2D eigenvalue weighted by Gasteiger charge is 2.50. The Hall–Kier alpha value is -1.10. The molecule has 0 unspecified atom stereocenters. The largest absolute Gasteiger partial charge is 0.508 e. The second-order valence-electron chi connectivity index (χ2n) is 14.7. The number of hydrogen-bond acceptors (Lipinski definition) is 4. The third kappa shape index (κ3) is 4.55. The second kappa shape index (κ2) is 10.4. The lowest BCUT2D eigenvalue weighted by atomic mass is 9.56. The number of hydrogen-bond donors (Lipinski definition) is 2. The van der Waals surface area contributed by atoms with E-state index in [9.17, 15) is 5.11 Å². The van der Waals surface area contributed by atoms with E-state index in [0.717, 1.165) is 42.9 Å². The standard InChI is InChI=1S/C34H53N3O/c1-23-33-19-26-10-11-31(38)22-32(26)34(23,13-15-36(33)2)12-14-35-27-20-28-8-5-9-29(21-27)37(28)30-17-24-6-3-4-7-25(16-24)18-30/h10-11,22-25,27-30,33,35,38H,3-9,12-21H2,1-2H3/t23-,24-,25+,27-,28+,29-,30-,33+,34-/m0/s1. The van der Waals surface area contributed by atoms with Crippen molar-refractivity contribution in [3.63, 3.8) is 0 Å². The summed E-state index contributed by atoms with van der Waals surface area (Å²) in [6.45, 7) is 4.79. The number of rotatable bonds is 5. The lowest BCUT2D eigenvalue weighted by Gasteiger charge is -2.56. The molecule has 2 N–H and O–H groups in total. The second-order valence-corrected chi connectivity index (χ2v) is 14.7. The van der Waals surface area contributed by atoms with Gasteiger partial charge in [-0.15, -0.1) is 0 Å². The van der Waals surface area contributed by atoms with Gasteiger partial charge in [-0.2, -0.15) is 0 Å². The molecule has 0 spiro atoms. The Kier molecular flexibility index (Phi) is 7.06. The summed E-state index contributed by atoms with van der Waals surface area (Å²) in [5.74, 6) is 3.13. The molecule has 7 rings (SSSR count). The average molecular weight is 520 g/mol. The molecule has 1 aromatic rings. The van der Waals surface area contributed by atoms with E-state index in [0.29, 0.717) is 23.8 Å². The number of nitrogens with zero attached hydrogens (tertiary/aromatic N) is 2. The van der Waals surface area contributed by atoms with Crippen LogP contribution in [0.5, 0.6) is 5.75 Å². The minimum Gasteiger partial charge on any atom is -0.508 e. The van der Waals surface area contributed by atoms with E-state index in [1.165, 1.54) is 101 Å². The smallest absolute Gasteiger partial charge is 0.115 e. The van der Waals surface area contributed by atoms with Crippen molar-refractivity contribution in [2.45, 2.75) is 139 Å². The van der Waals surface area contributed by atoms with Crippen molar-refractivity contribution >= 4 is 0 Å². The summed E-state index contributed by atoms with van der Waals surface area (Å²) in [7, 11) is 2.32. The molecule has 210 valence electrons. The topological polar surface area (TPSA) is 38.7 Å². The van der Waals surface area contributed by atoms with Crippen LogP contribution < -0.4 is 5.32 Å². The summed E-state index contributed by atoms with van der Waals surface area (Å²) in [4.78, 5) is 5.71. The SMILES string of the molecule is C[C@H]1[C@H]2Cc3ccc(O)cc3[C@@]1(CCN[C@H]1C[C@H]3CCC[C@@H](C1)N3[C@@H]1C[C@@H]3CCCC[C@@H](C3)C1)CCN2C. The maximum Gasteiger partial charge on any atom is 0.115 e. The molecule has 3 aliphatic carbocycles. The fourth-order valence-corrected chi connectivity index (χ4v) is 10.9. The van der Waals surface area contributed by atoms with Crippen LogP contribution >= 0.6 is 0 Å². The predicted octanol–water partition coefficient (Wildman–Crippen LogP) is 6.25. The lowest BCUT2D eigenvalue weighted by Crippen LogP contribution is -2.61. The van der Waals surface area contributed by atoms with E-state index in [2.05, 4.69) is 41.2 Å². The fourth-order valence-electron chi connectivity index (χ4n) is 10.9. The van der Waals surface area contributed by atoms with Gasteiger partial charge in [0.05, 0.1) is 0 Å². The van der Waals surface area contributed by atoms with Gasteiger partial charge in [-0.05, 0) is 125 Å². The van der Waals surface area contributed by atoms with E-state index in [1.54, 1.807) is 6.42 Å². The van der Waals surface area contributed by atoms with Crippen LogP contribution in [0, 0.1) is 17.8 Å². The molecule has 3 heterocycles. The summed E-state index contributed by atoms with van der Waals surface area (Å²) in [5.41, 5.74) is 3.14. The van der Waals surface area contributed by atoms with Gasteiger partial charge in [0.15, 0.2) is 0 Å². The van der Waals surface area contributed by atoms with Crippen molar-refractivity contribution in [1.29, 1.82) is 0 Å². The van der Waals surface area contributed by atoms with Crippen molar-refractivity contribution < 1.29 is 5.11 Å². The van der Waals surface area contributed by atoms with E-state index in [4.69, 9.17) is 0 Å². The lowest BCUT2D eigenvalue weighted by molar-refractivity contribution is -0.0376. The van der Waals surface area contributed by atoms with E-state index >= 15 is 0 Å². The number of aromatic hydroxyl groups is 1. The van der Waals surface area contributed by atoms with E-state index < -0.39 is 0 Å². The summed E-state index contributed by atoms with van der Waals surface area (Å²) < 4.78 is 0. The molecular weight excluding hydrogens is 466 g/mol. The Balaban J connectivity index is 1.03. The number of fused-ring (bicyclic) bond motifs is 8. The average Bonchev–Trinajstić information content (AvgIpc) is 3.07. The highest BCUT2D eigenvalue weighted by molar-refractivity contribution is 5.44. The predicted molar refractivity (Wildman–Crippen MR) is 156 cm³/mol. The maximum absolute atomic E-state index is 10.4. The van der Waals surface area contributed by atoms with Crippen molar-refractivity contribution in [1.82, 2.24) is 15.1 Å². The molecule has 0 amide bonds. The zero-order valence-corrected chi connectivity index (χ0v) is 24.2. The monoisotopic (exact) mass is 519 g/mol. The molecule has 6 aliphatic rings. The molecule has 0 aromatic heterocycles. The first kappa shape index (κ1) is 25.8. The maximum atomic E-state index is 10.4. The number of piperidine rings is 3. The Morgan fingerprint density at radius 3 is 2.39 bits per heavy atom. The van der Waals surface area contributed by atoms with Crippen LogP contribution in [0.2, 0.25) is 0 Å². The highest BCUT2D eigenvalue weighted by atomic mass is 16.3. The zero-order chi connectivity index (χ0) is 25.9. The Labute approximate surface area is 231 Å². The van der Waals surface area contributed by atoms with Crippen LogP contribution in [0.15, 0.2) is 18.2 Å². The minimum atomic E-state index is 0.200. The molecule has 4 nitrogen and oxygen atoms in total. The molecule has 5 fully saturated rings. The first-order valence-electron chi connectivity index (χ1n) is 16.5. The van der Waals surface area contributed by atoms with Gasteiger partial charge in [0, 0.05) is 35.6 Å². The fraction of sp³-hybridized carbons (Fsp3) is 0.824. The highest BCUT2D eigenvalue weighted by Crippen LogP contribution is 2.51. The number of phenolic OH excluding ortho intramolecular Hbond substituents is 1. The van der Waals surface area contributed by atoms with Crippen molar-refractivity contribution in [2.75, 3.05) is 20.1 Å². The molecule has 3 aliphatic heterocycles. The number of benzene rings is 1. The van der Waals surface area contributed by atoms with Crippen LogP contribution in [0.25, 0.3) is 0 Å². The van der Waals surface area contributed by atoms with Gasteiger partial charge in [0.1, 0.15) is 5.75 Å².